The molecule has 7 nitrogen and oxygen atoms in total. The molecule has 2 rings (SSSR count). The zero-order valence-corrected chi connectivity index (χ0v) is 17.0. The molecule has 28 heavy (non-hydrogen) atoms. The molecule has 1 heterocycles. The van der Waals surface area contributed by atoms with Crippen LogP contribution in [-0.4, -0.2) is 59.8 Å². The van der Waals surface area contributed by atoms with E-state index in [0.29, 0.717) is 12.1 Å². The summed E-state index contributed by atoms with van der Waals surface area (Å²) >= 11 is 0. The summed E-state index contributed by atoms with van der Waals surface area (Å²) in [5.41, 5.74) is 0.781. The number of aliphatic hydroxyl groups excluding tert-OH is 1. The zero-order chi connectivity index (χ0) is 20.7. The first kappa shape index (κ1) is 22.3. The van der Waals surface area contributed by atoms with Gasteiger partial charge in [0.1, 0.15) is 0 Å². The molecule has 1 unspecified atom stereocenters. The summed E-state index contributed by atoms with van der Waals surface area (Å²) in [6.45, 7) is 9.42. The number of carboxylic acid groups (broad SMARTS) is 1. The van der Waals surface area contributed by atoms with E-state index in [1.165, 1.54) is 0 Å². The van der Waals surface area contributed by atoms with Crippen LogP contribution in [0.25, 0.3) is 0 Å². The standard InChI is InChI=1S/C21H32N2O5/c1-21(2,3)17(20(26)27)14-19(25)22-16-6-4-5-15(13-16)18(24)7-8-23-9-11-28-12-10-23/h4-6,13,17-18,24H,7-12,14H2,1-3H3,(H,22,25)(H,26,27)/t17-,18?/m0/s1. The molecule has 1 aromatic rings. The van der Waals surface area contributed by atoms with E-state index in [1.807, 2.05) is 26.8 Å². The fraction of sp³-hybridized carbons (Fsp3) is 0.619. The minimum Gasteiger partial charge on any atom is -0.481 e. The highest BCUT2D eigenvalue weighted by atomic mass is 16.5. The van der Waals surface area contributed by atoms with E-state index in [-0.39, 0.29) is 12.3 Å². The van der Waals surface area contributed by atoms with E-state index in [4.69, 9.17) is 4.74 Å². The molecule has 1 aromatic carbocycles. The number of aliphatic carboxylic acids is 1. The van der Waals surface area contributed by atoms with Crippen molar-refractivity contribution in [2.24, 2.45) is 11.3 Å². The number of amides is 1. The van der Waals surface area contributed by atoms with Gasteiger partial charge < -0.3 is 20.3 Å². The molecule has 1 fully saturated rings. The van der Waals surface area contributed by atoms with Gasteiger partial charge in [0.2, 0.25) is 5.91 Å². The van der Waals surface area contributed by atoms with Gasteiger partial charge in [-0.15, -0.1) is 0 Å². The highest BCUT2D eigenvalue weighted by Gasteiger charge is 2.33. The van der Waals surface area contributed by atoms with Crippen molar-refractivity contribution < 1.29 is 24.5 Å². The Balaban J connectivity index is 1.92. The van der Waals surface area contributed by atoms with Crippen molar-refractivity contribution >= 4 is 17.6 Å². The van der Waals surface area contributed by atoms with Crippen molar-refractivity contribution in [3.63, 3.8) is 0 Å². The predicted molar refractivity (Wildman–Crippen MR) is 107 cm³/mol. The summed E-state index contributed by atoms with van der Waals surface area (Å²) in [5, 5.41) is 22.6. The molecule has 0 bridgehead atoms. The first-order valence-corrected chi connectivity index (χ1v) is 9.77. The lowest BCUT2D eigenvalue weighted by Gasteiger charge is -2.27. The van der Waals surface area contributed by atoms with E-state index >= 15 is 0 Å². The summed E-state index contributed by atoms with van der Waals surface area (Å²) in [6, 6.07) is 7.09. The van der Waals surface area contributed by atoms with E-state index < -0.39 is 23.4 Å². The van der Waals surface area contributed by atoms with Gasteiger partial charge in [0.25, 0.3) is 0 Å². The van der Waals surface area contributed by atoms with E-state index in [1.54, 1.807) is 18.2 Å². The summed E-state index contributed by atoms with van der Waals surface area (Å²) in [5.74, 6) is -2.09. The van der Waals surface area contributed by atoms with Crippen LogP contribution in [0.1, 0.15) is 45.3 Å². The Morgan fingerprint density at radius 3 is 2.54 bits per heavy atom. The largest absolute Gasteiger partial charge is 0.481 e. The third-order valence-electron chi connectivity index (χ3n) is 5.11. The first-order valence-electron chi connectivity index (χ1n) is 9.77. The van der Waals surface area contributed by atoms with Crippen LogP contribution in [0.15, 0.2) is 24.3 Å². The highest BCUT2D eigenvalue weighted by molar-refractivity contribution is 5.93. The second-order valence-corrected chi connectivity index (χ2v) is 8.39. The van der Waals surface area contributed by atoms with Crippen LogP contribution >= 0.6 is 0 Å². The molecule has 1 aliphatic rings. The summed E-state index contributed by atoms with van der Waals surface area (Å²) in [7, 11) is 0. The van der Waals surface area contributed by atoms with E-state index in [9.17, 15) is 19.8 Å². The van der Waals surface area contributed by atoms with Crippen molar-refractivity contribution in [2.45, 2.75) is 39.7 Å². The van der Waals surface area contributed by atoms with Crippen LogP contribution < -0.4 is 5.32 Å². The average Bonchev–Trinajstić information content (AvgIpc) is 2.64. The lowest BCUT2D eigenvalue weighted by molar-refractivity contribution is -0.147. The van der Waals surface area contributed by atoms with Crippen molar-refractivity contribution in [2.75, 3.05) is 38.2 Å². The van der Waals surface area contributed by atoms with Crippen LogP contribution in [0.5, 0.6) is 0 Å². The maximum Gasteiger partial charge on any atom is 0.307 e. The van der Waals surface area contributed by atoms with Crippen molar-refractivity contribution in [1.82, 2.24) is 4.90 Å². The Morgan fingerprint density at radius 1 is 1.25 bits per heavy atom. The number of carbonyl (C=O) groups excluding carboxylic acids is 1. The first-order chi connectivity index (χ1) is 13.2. The van der Waals surface area contributed by atoms with Gasteiger partial charge in [-0.25, -0.2) is 0 Å². The zero-order valence-electron chi connectivity index (χ0n) is 17.0. The predicted octanol–water partition coefficient (Wildman–Crippen LogP) is 2.52. The number of morpholine rings is 1. The highest BCUT2D eigenvalue weighted by Crippen LogP contribution is 2.29. The van der Waals surface area contributed by atoms with Gasteiger partial charge in [0.05, 0.1) is 25.2 Å². The molecule has 0 saturated carbocycles. The number of aliphatic hydroxyl groups is 1. The molecule has 1 amide bonds. The number of nitrogens with one attached hydrogen (secondary N) is 1. The maximum absolute atomic E-state index is 12.3. The number of benzene rings is 1. The third kappa shape index (κ3) is 6.89. The van der Waals surface area contributed by atoms with Crippen molar-refractivity contribution in [3.8, 4) is 0 Å². The van der Waals surface area contributed by atoms with Gasteiger partial charge in [-0.2, -0.15) is 0 Å². The number of ether oxygens (including phenoxy) is 1. The number of carbonyl (C=O) groups is 2. The van der Waals surface area contributed by atoms with Crippen LogP contribution in [0.3, 0.4) is 0 Å². The fourth-order valence-corrected chi connectivity index (χ4v) is 3.28. The SMILES string of the molecule is CC(C)(C)[C@@H](CC(=O)Nc1cccc(C(O)CCN2CCOCC2)c1)C(=O)O. The summed E-state index contributed by atoms with van der Waals surface area (Å²) < 4.78 is 5.33. The minimum absolute atomic E-state index is 0.0946. The quantitative estimate of drug-likeness (QED) is 0.629. The second-order valence-electron chi connectivity index (χ2n) is 8.39. The van der Waals surface area contributed by atoms with Crippen molar-refractivity contribution in [1.29, 1.82) is 0 Å². The Bertz CT molecular complexity index is 665. The van der Waals surface area contributed by atoms with E-state index in [2.05, 4.69) is 10.2 Å². The second kappa shape index (κ2) is 10.0. The Kier molecular flexibility index (Phi) is 7.98. The monoisotopic (exact) mass is 392 g/mol. The van der Waals surface area contributed by atoms with Gasteiger partial charge in [-0.3, -0.25) is 14.5 Å². The average molecular weight is 392 g/mol. The molecule has 156 valence electrons. The lowest BCUT2D eigenvalue weighted by atomic mass is 9.78. The van der Waals surface area contributed by atoms with E-state index in [0.717, 1.165) is 38.4 Å². The topological polar surface area (TPSA) is 99.1 Å². The molecule has 3 N–H and O–H groups in total. The smallest absolute Gasteiger partial charge is 0.307 e. The molecule has 1 saturated heterocycles. The molecule has 0 aromatic heterocycles. The van der Waals surface area contributed by atoms with Crippen LogP contribution in [0, 0.1) is 11.3 Å². The summed E-state index contributed by atoms with van der Waals surface area (Å²) in [4.78, 5) is 26.0. The van der Waals surface area contributed by atoms with Gasteiger partial charge in [-0.05, 0) is 29.5 Å². The molecular formula is C21H32N2O5. The maximum atomic E-state index is 12.3. The molecule has 2 atom stereocenters. The number of rotatable bonds is 8. The van der Waals surface area contributed by atoms with Crippen LogP contribution in [0.2, 0.25) is 0 Å². The van der Waals surface area contributed by atoms with Gasteiger partial charge in [0.15, 0.2) is 0 Å². The molecule has 1 aliphatic heterocycles. The van der Waals surface area contributed by atoms with Crippen LogP contribution in [-0.2, 0) is 14.3 Å². The molecule has 0 spiro atoms. The number of anilines is 1. The molecule has 7 heteroatoms. The van der Waals surface area contributed by atoms with Crippen molar-refractivity contribution in [3.05, 3.63) is 29.8 Å². The Hall–Kier alpha value is -1.96. The van der Waals surface area contributed by atoms with Gasteiger partial charge in [-0.1, -0.05) is 32.9 Å². The normalized spacial score (nSPS) is 17.7. The fourth-order valence-electron chi connectivity index (χ4n) is 3.28. The van der Waals surface area contributed by atoms with Gasteiger partial charge in [0, 0.05) is 31.7 Å². The minimum atomic E-state index is -0.977. The van der Waals surface area contributed by atoms with Gasteiger partial charge >= 0.3 is 5.97 Å². The Labute approximate surface area is 166 Å². The number of carboxylic acids is 1. The molecule has 0 aliphatic carbocycles. The third-order valence-corrected chi connectivity index (χ3v) is 5.11. The number of hydrogen-bond acceptors (Lipinski definition) is 5. The summed E-state index contributed by atoms with van der Waals surface area (Å²) in [6.07, 6.45) is -0.119. The lowest BCUT2D eigenvalue weighted by Crippen LogP contribution is -2.37. The molecule has 0 radical (unpaired) electrons. The number of nitrogens with zero attached hydrogens (tertiary/aromatic N) is 1. The molecular weight excluding hydrogens is 360 g/mol. The van der Waals surface area contributed by atoms with Crippen LogP contribution in [0.4, 0.5) is 5.69 Å². The Morgan fingerprint density at radius 2 is 1.93 bits per heavy atom. The number of hydrogen-bond donors (Lipinski definition) is 3.